The zero-order chi connectivity index (χ0) is 22.6. The van der Waals surface area contributed by atoms with Crippen molar-refractivity contribution in [2.24, 2.45) is 0 Å². The second-order valence-corrected chi connectivity index (χ2v) is 8.85. The van der Waals surface area contributed by atoms with E-state index in [9.17, 15) is 8.42 Å². The number of rotatable bonds is 9. The summed E-state index contributed by atoms with van der Waals surface area (Å²) in [6.45, 7) is 0.0337. The molecule has 2 aromatic heterocycles. The van der Waals surface area contributed by atoms with Crippen LogP contribution in [-0.4, -0.2) is 32.1 Å². The second-order valence-electron chi connectivity index (χ2n) is 6.91. The van der Waals surface area contributed by atoms with Crippen molar-refractivity contribution >= 4 is 10.0 Å². The number of para-hydroxylation sites is 1. The van der Waals surface area contributed by atoms with Crippen molar-refractivity contribution in [3.63, 3.8) is 0 Å². The Labute approximate surface area is 186 Å². The molecule has 4 rings (SSSR count). The molecular weight excluding hydrogens is 432 g/mol. The summed E-state index contributed by atoms with van der Waals surface area (Å²) in [4.78, 5) is 0.137. The summed E-state index contributed by atoms with van der Waals surface area (Å²) in [5.41, 5.74) is 1.18. The summed E-state index contributed by atoms with van der Waals surface area (Å²) in [5, 5.41) is 4.08. The van der Waals surface area contributed by atoms with Crippen LogP contribution in [0.25, 0.3) is 11.3 Å². The van der Waals surface area contributed by atoms with Crippen LogP contribution in [0.4, 0.5) is 0 Å². The third-order valence-electron chi connectivity index (χ3n) is 4.88. The molecule has 0 N–H and O–H groups in total. The lowest BCUT2D eigenvalue weighted by atomic mass is 10.1. The van der Waals surface area contributed by atoms with E-state index in [1.54, 1.807) is 37.4 Å². The van der Waals surface area contributed by atoms with Crippen molar-refractivity contribution in [1.82, 2.24) is 9.46 Å². The fourth-order valence-electron chi connectivity index (χ4n) is 3.24. The lowest BCUT2D eigenvalue weighted by Gasteiger charge is -2.20. The molecule has 8 nitrogen and oxygen atoms in total. The summed E-state index contributed by atoms with van der Waals surface area (Å²) < 4.78 is 49.5. The van der Waals surface area contributed by atoms with Crippen molar-refractivity contribution in [2.75, 3.05) is 14.2 Å². The maximum atomic E-state index is 13.4. The minimum atomic E-state index is -3.86. The Morgan fingerprint density at radius 3 is 2.41 bits per heavy atom. The van der Waals surface area contributed by atoms with Gasteiger partial charge in [0.2, 0.25) is 10.0 Å². The van der Waals surface area contributed by atoms with Gasteiger partial charge in [0.05, 0.1) is 49.7 Å². The monoisotopic (exact) mass is 454 g/mol. The van der Waals surface area contributed by atoms with Crippen LogP contribution in [0.2, 0.25) is 0 Å². The topological polar surface area (TPSA) is 95.0 Å². The van der Waals surface area contributed by atoms with Gasteiger partial charge in [-0.1, -0.05) is 17.3 Å². The highest BCUT2D eigenvalue weighted by Gasteiger charge is 2.27. The summed E-state index contributed by atoms with van der Waals surface area (Å²) in [7, 11) is -0.761. The van der Waals surface area contributed by atoms with Crippen LogP contribution in [0.15, 0.2) is 86.8 Å². The summed E-state index contributed by atoms with van der Waals surface area (Å²) in [5.74, 6) is 2.20. The maximum absolute atomic E-state index is 13.4. The first kappa shape index (κ1) is 21.7. The molecule has 0 aliphatic heterocycles. The fraction of sp³-hybridized carbons (Fsp3) is 0.174. The van der Waals surface area contributed by atoms with Crippen molar-refractivity contribution in [2.45, 2.75) is 18.0 Å². The molecule has 32 heavy (non-hydrogen) atoms. The molecule has 2 heterocycles. The van der Waals surface area contributed by atoms with Crippen LogP contribution in [0.3, 0.4) is 0 Å². The minimum Gasteiger partial charge on any atom is -0.497 e. The zero-order valence-corrected chi connectivity index (χ0v) is 18.4. The Morgan fingerprint density at radius 2 is 1.72 bits per heavy atom. The van der Waals surface area contributed by atoms with Crippen LogP contribution in [-0.2, 0) is 23.1 Å². The van der Waals surface area contributed by atoms with Crippen LogP contribution in [0.5, 0.6) is 11.5 Å². The molecule has 0 radical (unpaired) electrons. The van der Waals surface area contributed by atoms with Crippen LogP contribution >= 0.6 is 0 Å². The van der Waals surface area contributed by atoms with Gasteiger partial charge in [-0.3, -0.25) is 0 Å². The molecule has 0 aliphatic carbocycles. The lowest BCUT2D eigenvalue weighted by molar-refractivity contribution is 0.343. The van der Waals surface area contributed by atoms with Gasteiger partial charge in [0.15, 0.2) is 5.76 Å². The van der Waals surface area contributed by atoms with E-state index >= 15 is 0 Å². The highest BCUT2D eigenvalue weighted by molar-refractivity contribution is 7.89. The molecule has 0 fully saturated rings. The van der Waals surface area contributed by atoms with Crippen molar-refractivity contribution in [3.8, 4) is 22.8 Å². The average Bonchev–Trinajstić information content (AvgIpc) is 3.51. The number of ether oxygens (including phenoxy) is 2. The van der Waals surface area contributed by atoms with Crippen molar-refractivity contribution < 1.29 is 26.8 Å². The van der Waals surface area contributed by atoms with Crippen LogP contribution in [0, 0.1) is 0 Å². The highest BCUT2D eigenvalue weighted by atomic mass is 32.2. The maximum Gasteiger partial charge on any atom is 0.243 e. The van der Waals surface area contributed by atoms with Gasteiger partial charge in [0.25, 0.3) is 0 Å². The standard InChI is InChI=1S/C23H22N2O6S/c1-28-18-9-11-20(12-10-18)32(26,27)25(16-19-6-5-13-30-19)15-17-14-23(31-24-17)21-7-3-4-8-22(21)29-2/h3-14H,15-16H2,1-2H3. The Balaban J connectivity index is 1.65. The molecule has 0 saturated heterocycles. The molecule has 2 aromatic carbocycles. The highest BCUT2D eigenvalue weighted by Crippen LogP contribution is 2.31. The number of hydrogen-bond donors (Lipinski definition) is 0. The van der Waals surface area contributed by atoms with Crippen molar-refractivity contribution in [3.05, 3.63) is 84.4 Å². The number of methoxy groups -OCH3 is 2. The van der Waals surface area contributed by atoms with Crippen LogP contribution < -0.4 is 9.47 Å². The fourth-order valence-corrected chi connectivity index (χ4v) is 4.62. The third-order valence-corrected chi connectivity index (χ3v) is 6.69. The zero-order valence-electron chi connectivity index (χ0n) is 17.6. The van der Waals surface area contributed by atoms with E-state index in [4.69, 9.17) is 18.4 Å². The minimum absolute atomic E-state index is 0.00624. The second kappa shape index (κ2) is 9.29. The summed E-state index contributed by atoms with van der Waals surface area (Å²) in [6, 6.07) is 18.7. The quantitative estimate of drug-likeness (QED) is 0.371. The molecule has 4 aromatic rings. The summed E-state index contributed by atoms with van der Waals surface area (Å²) >= 11 is 0. The Morgan fingerprint density at radius 1 is 0.938 bits per heavy atom. The number of furan rings is 1. The van der Waals surface area contributed by atoms with E-state index in [1.807, 2.05) is 24.3 Å². The molecular formula is C23H22N2O6S. The molecule has 0 unspecified atom stereocenters. The van der Waals surface area contributed by atoms with Gasteiger partial charge in [0, 0.05) is 6.07 Å². The molecule has 9 heteroatoms. The van der Waals surface area contributed by atoms with Gasteiger partial charge in [-0.2, -0.15) is 4.31 Å². The number of sulfonamides is 1. The molecule has 0 aliphatic rings. The molecule has 0 atom stereocenters. The number of hydrogen-bond acceptors (Lipinski definition) is 7. The number of aromatic nitrogens is 1. The molecule has 0 saturated carbocycles. The predicted molar refractivity (Wildman–Crippen MR) is 117 cm³/mol. The number of benzene rings is 2. The van der Waals surface area contributed by atoms with Gasteiger partial charge in [-0.05, 0) is 48.5 Å². The van der Waals surface area contributed by atoms with Gasteiger partial charge in [0.1, 0.15) is 17.3 Å². The van der Waals surface area contributed by atoms with Gasteiger partial charge in [-0.25, -0.2) is 8.42 Å². The molecule has 166 valence electrons. The first-order chi connectivity index (χ1) is 15.5. The van der Waals surface area contributed by atoms with E-state index in [1.165, 1.54) is 29.8 Å². The number of nitrogens with zero attached hydrogens (tertiary/aromatic N) is 2. The van der Waals surface area contributed by atoms with E-state index in [0.29, 0.717) is 28.7 Å². The SMILES string of the molecule is COc1ccc(S(=O)(=O)N(Cc2cc(-c3ccccc3OC)on2)Cc2ccco2)cc1. The molecule has 0 spiro atoms. The normalized spacial score (nSPS) is 11.6. The lowest BCUT2D eigenvalue weighted by Crippen LogP contribution is -2.30. The average molecular weight is 455 g/mol. The summed E-state index contributed by atoms with van der Waals surface area (Å²) in [6.07, 6.45) is 1.50. The van der Waals surface area contributed by atoms with E-state index in [-0.39, 0.29) is 18.0 Å². The van der Waals surface area contributed by atoms with Gasteiger partial charge < -0.3 is 18.4 Å². The molecule has 0 amide bonds. The third kappa shape index (κ3) is 4.53. The van der Waals surface area contributed by atoms with Crippen molar-refractivity contribution in [1.29, 1.82) is 0 Å². The van der Waals surface area contributed by atoms with Gasteiger partial charge >= 0.3 is 0 Å². The largest absolute Gasteiger partial charge is 0.497 e. The smallest absolute Gasteiger partial charge is 0.243 e. The Kier molecular flexibility index (Phi) is 6.29. The first-order valence-corrected chi connectivity index (χ1v) is 11.2. The Hall–Kier alpha value is -3.56. The Bertz CT molecular complexity index is 1260. The van der Waals surface area contributed by atoms with Crippen LogP contribution in [0.1, 0.15) is 11.5 Å². The molecule has 0 bridgehead atoms. The predicted octanol–water partition coefficient (Wildman–Crippen LogP) is 4.34. The van der Waals surface area contributed by atoms with Gasteiger partial charge in [-0.15, -0.1) is 0 Å². The first-order valence-electron chi connectivity index (χ1n) is 9.77. The van der Waals surface area contributed by atoms with E-state index in [2.05, 4.69) is 5.16 Å². The van der Waals surface area contributed by atoms with E-state index in [0.717, 1.165) is 5.56 Å². The van der Waals surface area contributed by atoms with E-state index < -0.39 is 10.0 Å².